The molecule has 0 saturated carbocycles. The van der Waals surface area contributed by atoms with Gasteiger partial charge in [0, 0.05) is 7.11 Å². The van der Waals surface area contributed by atoms with E-state index in [1.54, 1.807) is 13.3 Å². The Labute approximate surface area is 113 Å². The second-order valence-corrected chi connectivity index (χ2v) is 4.41. The van der Waals surface area contributed by atoms with Gasteiger partial charge in [0.05, 0.1) is 12.2 Å². The summed E-state index contributed by atoms with van der Waals surface area (Å²) >= 11 is 0. The zero-order valence-corrected chi connectivity index (χ0v) is 11.6. The summed E-state index contributed by atoms with van der Waals surface area (Å²) in [5.41, 5.74) is 1.06. The van der Waals surface area contributed by atoms with Crippen LogP contribution in [0.1, 0.15) is 43.2 Å². The van der Waals surface area contributed by atoms with Crippen molar-refractivity contribution in [1.82, 2.24) is 10.3 Å². The Morgan fingerprint density at radius 3 is 2.68 bits per heavy atom. The second-order valence-electron chi connectivity index (χ2n) is 4.41. The lowest BCUT2D eigenvalue weighted by Crippen LogP contribution is -2.17. The van der Waals surface area contributed by atoms with Crippen molar-refractivity contribution in [3.8, 4) is 0 Å². The highest BCUT2D eigenvalue weighted by Crippen LogP contribution is 2.27. The van der Waals surface area contributed by atoms with Crippen LogP contribution in [-0.2, 0) is 4.74 Å². The molecular weight excluding hydrogens is 240 g/mol. The first kappa shape index (κ1) is 13.8. The summed E-state index contributed by atoms with van der Waals surface area (Å²) in [5, 5.41) is 3.27. The Kier molecular flexibility index (Phi) is 4.71. The Balaban J connectivity index is 2.21. The van der Waals surface area contributed by atoms with Gasteiger partial charge in [-0.3, -0.25) is 0 Å². The van der Waals surface area contributed by atoms with Crippen molar-refractivity contribution in [3.63, 3.8) is 0 Å². The normalized spacial score (nSPS) is 14.3. The predicted molar refractivity (Wildman–Crippen MR) is 73.9 cm³/mol. The first-order valence-corrected chi connectivity index (χ1v) is 6.53. The molecule has 0 aliphatic rings. The minimum absolute atomic E-state index is 0.104. The number of nitrogens with zero attached hydrogens (tertiary/aromatic N) is 1. The Morgan fingerprint density at radius 2 is 2.05 bits per heavy atom. The summed E-state index contributed by atoms with van der Waals surface area (Å²) in [6.07, 6.45) is 1.53. The SMILES string of the molecule is CCNC(C)c1ncc(C(OC)c2ccccc2)o1. The van der Waals surface area contributed by atoms with Gasteiger partial charge in [-0.05, 0) is 19.0 Å². The number of benzene rings is 1. The molecule has 2 unspecified atom stereocenters. The van der Waals surface area contributed by atoms with Crippen LogP contribution in [0.25, 0.3) is 0 Å². The average Bonchev–Trinajstić information content (AvgIpc) is 2.91. The Hall–Kier alpha value is -1.65. The highest BCUT2D eigenvalue weighted by atomic mass is 16.5. The van der Waals surface area contributed by atoms with E-state index in [4.69, 9.17) is 9.15 Å². The maximum absolute atomic E-state index is 5.81. The predicted octanol–water partition coefficient (Wildman–Crippen LogP) is 3.08. The molecule has 2 atom stereocenters. The molecule has 0 aliphatic heterocycles. The van der Waals surface area contributed by atoms with Crippen LogP contribution in [0.15, 0.2) is 40.9 Å². The van der Waals surface area contributed by atoms with Gasteiger partial charge in [-0.2, -0.15) is 0 Å². The minimum atomic E-state index is -0.212. The molecule has 1 aromatic heterocycles. The van der Waals surface area contributed by atoms with Gasteiger partial charge in [0.2, 0.25) is 5.89 Å². The largest absolute Gasteiger partial charge is 0.441 e. The summed E-state index contributed by atoms with van der Waals surface area (Å²) in [6.45, 7) is 4.97. The molecule has 19 heavy (non-hydrogen) atoms. The standard InChI is InChI=1S/C15H20N2O2/c1-4-16-11(2)15-17-10-13(19-15)14(18-3)12-8-6-5-7-9-12/h5-11,14,16H,4H2,1-3H3. The Morgan fingerprint density at radius 1 is 1.32 bits per heavy atom. The van der Waals surface area contributed by atoms with Gasteiger partial charge in [0.15, 0.2) is 5.76 Å². The van der Waals surface area contributed by atoms with Crippen LogP contribution < -0.4 is 5.32 Å². The van der Waals surface area contributed by atoms with Crippen LogP contribution in [0.4, 0.5) is 0 Å². The molecule has 1 N–H and O–H groups in total. The van der Waals surface area contributed by atoms with Crippen molar-refractivity contribution in [2.75, 3.05) is 13.7 Å². The molecular formula is C15H20N2O2. The van der Waals surface area contributed by atoms with Gasteiger partial charge in [-0.25, -0.2) is 4.98 Å². The molecule has 1 aromatic carbocycles. The Bertz CT molecular complexity index is 496. The molecule has 0 bridgehead atoms. The van der Waals surface area contributed by atoms with Gasteiger partial charge in [-0.1, -0.05) is 37.3 Å². The van der Waals surface area contributed by atoms with Gasteiger partial charge >= 0.3 is 0 Å². The number of rotatable bonds is 6. The van der Waals surface area contributed by atoms with E-state index >= 15 is 0 Å². The van der Waals surface area contributed by atoms with Crippen LogP contribution in [0.3, 0.4) is 0 Å². The number of methoxy groups -OCH3 is 1. The fourth-order valence-corrected chi connectivity index (χ4v) is 2.06. The van der Waals surface area contributed by atoms with Crippen LogP contribution in [-0.4, -0.2) is 18.6 Å². The number of oxazole rings is 1. The lowest BCUT2D eigenvalue weighted by atomic mass is 10.1. The molecule has 4 nitrogen and oxygen atoms in total. The van der Waals surface area contributed by atoms with Crippen molar-refractivity contribution < 1.29 is 9.15 Å². The van der Waals surface area contributed by atoms with E-state index in [1.165, 1.54) is 0 Å². The van der Waals surface area contributed by atoms with Gasteiger partial charge < -0.3 is 14.5 Å². The maximum Gasteiger partial charge on any atom is 0.211 e. The van der Waals surface area contributed by atoms with Crippen molar-refractivity contribution >= 4 is 0 Å². The van der Waals surface area contributed by atoms with Crippen molar-refractivity contribution in [3.05, 3.63) is 53.7 Å². The molecule has 2 aromatic rings. The molecule has 0 amide bonds. The molecule has 0 fully saturated rings. The summed E-state index contributed by atoms with van der Waals surface area (Å²) in [6, 6.07) is 10.1. The minimum Gasteiger partial charge on any atom is -0.441 e. The smallest absolute Gasteiger partial charge is 0.211 e. The van der Waals surface area contributed by atoms with Gasteiger partial charge in [-0.15, -0.1) is 0 Å². The van der Waals surface area contributed by atoms with Gasteiger partial charge in [0.25, 0.3) is 0 Å². The number of nitrogens with one attached hydrogen (secondary N) is 1. The van der Waals surface area contributed by atoms with Crippen LogP contribution in [0.2, 0.25) is 0 Å². The molecule has 0 spiro atoms. The van der Waals surface area contributed by atoms with Crippen molar-refractivity contribution in [2.24, 2.45) is 0 Å². The zero-order valence-electron chi connectivity index (χ0n) is 11.6. The number of hydrogen-bond acceptors (Lipinski definition) is 4. The highest BCUT2D eigenvalue weighted by Gasteiger charge is 2.19. The van der Waals surface area contributed by atoms with Crippen LogP contribution in [0, 0.1) is 0 Å². The third-order valence-electron chi connectivity index (χ3n) is 3.02. The number of hydrogen-bond donors (Lipinski definition) is 1. The van der Waals surface area contributed by atoms with Crippen molar-refractivity contribution in [1.29, 1.82) is 0 Å². The zero-order chi connectivity index (χ0) is 13.7. The number of ether oxygens (including phenoxy) is 1. The van der Waals surface area contributed by atoms with E-state index in [-0.39, 0.29) is 12.1 Å². The monoisotopic (exact) mass is 260 g/mol. The van der Waals surface area contributed by atoms with Crippen LogP contribution in [0.5, 0.6) is 0 Å². The quantitative estimate of drug-likeness (QED) is 0.867. The molecule has 4 heteroatoms. The third-order valence-corrected chi connectivity index (χ3v) is 3.02. The molecule has 2 rings (SSSR count). The number of aromatic nitrogens is 1. The lowest BCUT2D eigenvalue weighted by Gasteiger charge is -2.13. The van der Waals surface area contributed by atoms with E-state index in [0.717, 1.165) is 17.9 Å². The lowest BCUT2D eigenvalue weighted by molar-refractivity contribution is 0.114. The van der Waals surface area contributed by atoms with E-state index in [1.807, 2.05) is 37.3 Å². The fourth-order valence-electron chi connectivity index (χ4n) is 2.06. The van der Waals surface area contributed by atoms with E-state index < -0.39 is 0 Å². The first-order valence-electron chi connectivity index (χ1n) is 6.53. The maximum atomic E-state index is 5.81. The molecule has 0 saturated heterocycles. The molecule has 102 valence electrons. The molecule has 0 aliphatic carbocycles. The molecule has 0 radical (unpaired) electrons. The summed E-state index contributed by atoms with van der Waals surface area (Å²) in [5.74, 6) is 1.42. The third kappa shape index (κ3) is 3.22. The van der Waals surface area contributed by atoms with Crippen LogP contribution >= 0.6 is 0 Å². The summed E-state index contributed by atoms with van der Waals surface area (Å²) in [7, 11) is 1.67. The average molecular weight is 260 g/mol. The first-order chi connectivity index (χ1) is 9.26. The highest BCUT2D eigenvalue weighted by molar-refractivity contribution is 5.24. The van der Waals surface area contributed by atoms with E-state index in [0.29, 0.717) is 5.89 Å². The van der Waals surface area contributed by atoms with E-state index in [2.05, 4.69) is 17.2 Å². The molecule has 1 heterocycles. The van der Waals surface area contributed by atoms with E-state index in [9.17, 15) is 0 Å². The second kappa shape index (κ2) is 6.50. The summed E-state index contributed by atoms with van der Waals surface area (Å²) < 4.78 is 11.3. The summed E-state index contributed by atoms with van der Waals surface area (Å²) in [4.78, 5) is 4.32. The van der Waals surface area contributed by atoms with Crippen molar-refractivity contribution in [2.45, 2.75) is 26.0 Å². The van der Waals surface area contributed by atoms with Gasteiger partial charge in [0.1, 0.15) is 6.10 Å². The topological polar surface area (TPSA) is 47.3 Å². The fraction of sp³-hybridized carbons (Fsp3) is 0.400.